The van der Waals surface area contributed by atoms with Gasteiger partial charge in [0.1, 0.15) is 5.75 Å². The van der Waals surface area contributed by atoms with E-state index in [1.54, 1.807) is 48.5 Å². The van der Waals surface area contributed by atoms with Gasteiger partial charge in [0.25, 0.3) is 0 Å². The lowest BCUT2D eigenvalue weighted by molar-refractivity contribution is -0.153. The molecule has 0 aliphatic carbocycles. The van der Waals surface area contributed by atoms with Gasteiger partial charge in [0.15, 0.2) is 0 Å². The Morgan fingerprint density at radius 2 is 1.75 bits per heavy atom. The molecule has 126 valence electrons. The summed E-state index contributed by atoms with van der Waals surface area (Å²) in [5.74, 6) is -0.989. The molecule has 2 rings (SSSR count). The minimum atomic E-state index is -1.67. The molecule has 3 N–H and O–H groups in total. The van der Waals surface area contributed by atoms with Crippen molar-refractivity contribution in [1.29, 1.82) is 0 Å². The molecule has 0 aliphatic heterocycles. The van der Waals surface area contributed by atoms with Crippen LogP contribution in [0.3, 0.4) is 0 Å². The number of hydrogen-bond donors (Lipinski definition) is 3. The summed E-state index contributed by atoms with van der Waals surface area (Å²) in [6.07, 6.45) is 0. The van der Waals surface area contributed by atoms with Crippen LogP contribution in [0, 0.1) is 0 Å². The quantitative estimate of drug-likeness (QED) is 0.746. The summed E-state index contributed by atoms with van der Waals surface area (Å²) in [7, 11) is 0. The van der Waals surface area contributed by atoms with Gasteiger partial charge in [0.2, 0.25) is 5.60 Å². The maximum absolute atomic E-state index is 11.9. The molecule has 0 bridgehead atoms. The molecule has 0 fully saturated rings. The normalized spacial score (nSPS) is 12.8. The van der Waals surface area contributed by atoms with E-state index in [-0.39, 0.29) is 12.3 Å². The third kappa shape index (κ3) is 4.63. The molecule has 1 atom stereocenters. The number of carbonyl (C=O) groups is 2. The van der Waals surface area contributed by atoms with Crippen LogP contribution in [-0.2, 0) is 4.79 Å². The Labute approximate surface area is 144 Å². The van der Waals surface area contributed by atoms with Gasteiger partial charge in [-0.05, 0) is 31.2 Å². The molecule has 24 heavy (non-hydrogen) atoms. The minimum Gasteiger partial charge on any atom is -0.478 e. The fraction of sp³-hybridized carbons (Fsp3) is 0.176. The van der Waals surface area contributed by atoms with Gasteiger partial charge in [-0.1, -0.05) is 41.9 Å². The number of ether oxygens (including phenoxy) is 1. The van der Waals surface area contributed by atoms with Crippen LogP contribution in [-0.4, -0.2) is 29.3 Å². The Hall–Kier alpha value is -2.73. The largest absolute Gasteiger partial charge is 0.478 e. The summed E-state index contributed by atoms with van der Waals surface area (Å²) in [6, 6.07) is 14.8. The number of benzene rings is 2. The third-order valence-electron chi connectivity index (χ3n) is 3.24. The number of halogens is 1. The zero-order valence-electron chi connectivity index (χ0n) is 13.0. The lowest BCUT2D eigenvalue weighted by atomic mass is 10.1. The van der Waals surface area contributed by atoms with Gasteiger partial charge in [0.05, 0.1) is 11.6 Å². The molecule has 2 amide bonds. The molecule has 2 aromatic carbocycles. The number of para-hydroxylation sites is 2. The van der Waals surface area contributed by atoms with Gasteiger partial charge in [-0.2, -0.15) is 0 Å². The van der Waals surface area contributed by atoms with Crippen molar-refractivity contribution >= 4 is 29.3 Å². The number of hydrogen-bond acceptors (Lipinski definition) is 3. The monoisotopic (exact) mass is 348 g/mol. The van der Waals surface area contributed by atoms with Crippen LogP contribution in [0.5, 0.6) is 5.75 Å². The third-order valence-corrected chi connectivity index (χ3v) is 3.55. The van der Waals surface area contributed by atoms with Crippen LogP contribution in [0.1, 0.15) is 6.92 Å². The van der Waals surface area contributed by atoms with Crippen molar-refractivity contribution in [3.8, 4) is 5.75 Å². The zero-order chi connectivity index (χ0) is 17.6. The highest BCUT2D eigenvalue weighted by atomic mass is 35.5. The summed E-state index contributed by atoms with van der Waals surface area (Å²) >= 11 is 5.99. The van der Waals surface area contributed by atoms with Crippen LogP contribution < -0.4 is 15.4 Å². The summed E-state index contributed by atoms with van der Waals surface area (Å²) in [4.78, 5) is 23.5. The standard InChI is InChI=1S/C17H17ClN2O4/c1-17(15(21)22,24-14-10-6-5-9-13(14)18)11-19-16(23)20-12-7-3-2-4-8-12/h2-10H,11H2,1H3,(H,21,22)(H2,19,20,23). The number of carbonyl (C=O) groups excluding carboxylic acids is 1. The van der Waals surface area contributed by atoms with Crippen LogP contribution in [0.25, 0.3) is 0 Å². The van der Waals surface area contributed by atoms with Crippen molar-refractivity contribution in [2.75, 3.05) is 11.9 Å². The van der Waals surface area contributed by atoms with Crippen molar-refractivity contribution in [1.82, 2.24) is 5.32 Å². The molecule has 2 aromatic rings. The van der Waals surface area contributed by atoms with E-state index < -0.39 is 17.6 Å². The lowest BCUT2D eigenvalue weighted by Crippen LogP contribution is -2.51. The molecule has 0 spiro atoms. The highest BCUT2D eigenvalue weighted by Gasteiger charge is 2.36. The predicted octanol–water partition coefficient (Wildman–Crippen LogP) is 3.38. The number of carboxylic acids is 1. The van der Waals surface area contributed by atoms with E-state index >= 15 is 0 Å². The maximum Gasteiger partial charge on any atom is 0.349 e. The topological polar surface area (TPSA) is 87.7 Å². The highest BCUT2D eigenvalue weighted by molar-refractivity contribution is 6.32. The summed E-state index contributed by atoms with van der Waals surface area (Å²) in [6.45, 7) is 1.12. The number of rotatable bonds is 6. The molecule has 0 saturated heterocycles. The Morgan fingerprint density at radius 1 is 1.12 bits per heavy atom. The van der Waals surface area contributed by atoms with Gasteiger partial charge in [0, 0.05) is 5.69 Å². The summed E-state index contributed by atoms with van der Waals surface area (Å²) < 4.78 is 5.52. The van der Waals surface area contributed by atoms with Crippen molar-refractivity contribution < 1.29 is 19.4 Å². The van der Waals surface area contributed by atoms with Crippen LogP contribution in [0.4, 0.5) is 10.5 Å². The first-order chi connectivity index (χ1) is 11.4. The fourth-order valence-electron chi connectivity index (χ4n) is 1.87. The van der Waals surface area contributed by atoms with Crippen LogP contribution in [0.15, 0.2) is 54.6 Å². The van der Waals surface area contributed by atoms with Crippen molar-refractivity contribution in [2.24, 2.45) is 0 Å². The van der Waals surface area contributed by atoms with Gasteiger partial charge < -0.3 is 20.5 Å². The first-order valence-electron chi connectivity index (χ1n) is 7.17. The summed E-state index contributed by atoms with van der Waals surface area (Å²) in [5.41, 5.74) is -1.07. The number of amides is 2. The van der Waals surface area contributed by atoms with Gasteiger partial charge in [-0.15, -0.1) is 0 Å². The number of anilines is 1. The molecule has 6 nitrogen and oxygen atoms in total. The molecule has 0 saturated carbocycles. The second-order valence-electron chi connectivity index (χ2n) is 5.24. The van der Waals surface area contributed by atoms with Crippen molar-refractivity contribution in [3.05, 3.63) is 59.6 Å². The molecule has 0 heterocycles. The zero-order valence-corrected chi connectivity index (χ0v) is 13.7. The van der Waals surface area contributed by atoms with Crippen LogP contribution in [0.2, 0.25) is 5.02 Å². The molecule has 7 heteroatoms. The lowest BCUT2D eigenvalue weighted by Gasteiger charge is -2.27. The average molecular weight is 349 g/mol. The highest BCUT2D eigenvalue weighted by Crippen LogP contribution is 2.27. The van der Waals surface area contributed by atoms with E-state index in [0.717, 1.165) is 0 Å². The van der Waals surface area contributed by atoms with Gasteiger partial charge in [-0.25, -0.2) is 9.59 Å². The molecular formula is C17H17ClN2O4. The van der Waals surface area contributed by atoms with E-state index in [1.165, 1.54) is 6.92 Å². The second kappa shape index (κ2) is 7.70. The SMILES string of the molecule is CC(CNC(=O)Nc1ccccc1)(Oc1ccccc1Cl)C(=O)O. The number of urea groups is 1. The smallest absolute Gasteiger partial charge is 0.349 e. The predicted molar refractivity (Wildman–Crippen MR) is 91.6 cm³/mol. The second-order valence-corrected chi connectivity index (χ2v) is 5.65. The van der Waals surface area contributed by atoms with Gasteiger partial charge >= 0.3 is 12.0 Å². The Balaban J connectivity index is 2.01. The van der Waals surface area contributed by atoms with E-state index in [2.05, 4.69) is 10.6 Å². The van der Waals surface area contributed by atoms with E-state index in [1.807, 2.05) is 6.07 Å². The first-order valence-corrected chi connectivity index (χ1v) is 7.55. The van der Waals surface area contributed by atoms with Crippen LogP contribution >= 0.6 is 11.6 Å². The molecule has 0 aromatic heterocycles. The van der Waals surface area contributed by atoms with E-state index in [9.17, 15) is 14.7 Å². The Bertz CT molecular complexity index is 724. The average Bonchev–Trinajstić information content (AvgIpc) is 2.56. The number of nitrogens with one attached hydrogen (secondary N) is 2. The minimum absolute atomic E-state index is 0.231. The van der Waals surface area contributed by atoms with E-state index in [0.29, 0.717) is 10.7 Å². The molecule has 1 unspecified atom stereocenters. The molecular weight excluding hydrogens is 332 g/mol. The molecule has 0 radical (unpaired) electrons. The molecule has 0 aliphatic rings. The fourth-order valence-corrected chi connectivity index (χ4v) is 2.05. The first kappa shape index (κ1) is 17.6. The number of carboxylic acid groups (broad SMARTS) is 1. The Kier molecular flexibility index (Phi) is 5.65. The van der Waals surface area contributed by atoms with Crippen molar-refractivity contribution in [3.63, 3.8) is 0 Å². The number of aliphatic carboxylic acids is 1. The maximum atomic E-state index is 11.9. The summed E-state index contributed by atoms with van der Waals surface area (Å²) in [5, 5.41) is 14.8. The Morgan fingerprint density at radius 3 is 2.38 bits per heavy atom. The van der Waals surface area contributed by atoms with Crippen molar-refractivity contribution in [2.45, 2.75) is 12.5 Å². The van der Waals surface area contributed by atoms with E-state index in [4.69, 9.17) is 16.3 Å². The van der Waals surface area contributed by atoms with Gasteiger partial charge in [-0.3, -0.25) is 0 Å².